The van der Waals surface area contributed by atoms with Crippen molar-refractivity contribution in [3.63, 3.8) is 0 Å². The molecule has 3 heterocycles. The summed E-state index contributed by atoms with van der Waals surface area (Å²) < 4.78 is 3.12. The summed E-state index contributed by atoms with van der Waals surface area (Å²) in [6.07, 6.45) is 3.69. The summed E-state index contributed by atoms with van der Waals surface area (Å²) in [5.74, 6) is 1.78. The van der Waals surface area contributed by atoms with Gasteiger partial charge in [-0.2, -0.15) is 5.10 Å². The number of aromatic nitrogens is 3. The topological polar surface area (TPSA) is 59.6 Å². The molecule has 1 saturated heterocycles. The maximum absolute atomic E-state index is 12.6. The monoisotopic (exact) mass is 316 g/mol. The molecule has 1 aliphatic heterocycles. The van der Waals surface area contributed by atoms with E-state index in [0.29, 0.717) is 23.8 Å². The van der Waals surface area contributed by atoms with E-state index in [2.05, 4.69) is 18.9 Å². The minimum absolute atomic E-state index is 0.0176. The summed E-state index contributed by atoms with van der Waals surface area (Å²) >= 11 is 0. The van der Waals surface area contributed by atoms with Gasteiger partial charge in [0.2, 0.25) is 5.91 Å². The second-order valence-electron chi connectivity index (χ2n) is 6.74. The molecule has 23 heavy (non-hydrogen) atoms. The molecule has 0 N–H and O–H groups in total. The van der Waals surface area contributed by atoms with E-state index in [1.807, 2.05) is 24.1 Å². The number of likely N-dealkylation sites (tertiary alicyclic amines) is 1. The summed E-state index contributed by atoms with van der Waals surface area (Å²) in [5, 5.41) is 4.38. The van der Waals surface area contributed by atoms with Crippen LogP contribution in [0.1, 0.15) is 33.0 Å². The molecule has 0 aromatic carbocycles. The zero-order chi connectivity index (χ0) is 16.6. The number of carbonyl (C=O) groups is 1. The van der Waals surface area contributed by atoms with Gasteiger partial charge in [0.15, 0.2) is 0 Å². The Hall–Kier alpha value is -2.11. The summed E-state index contributed by atoms with van der Waals surface area (Å²) in [6.45, 7) is 7.89. The normalized spacial score (nSPS) is 21.8. The van der Waals surface area contributed by atoms with Gasteiger partial charge in [-0.15, -0.1) is 0 Å². The van der Waals surface area contributed by atoms with Crippen molar-refractivity contribution in [3.05, 3.63) is 34.5 Å². The lowest BCUT2D eigenvalue weighted by molar-refractivity contribution is -0.134. The first kappa shape index (κ1) is 15.8. The van der Waals surface area contributed by atoms with Crippen molar-refractivity contribution in [2.75, 3.05) is 13.1 Å². The molecule has 1 amide bonds. The molecular formula is C17H24N4O2. The summed E-state index contributed by atoms with van der Waals surface area (Å²) in [4.78, 5) is 27.0. The lowest BCUT2D eigenvalue weighted by Crippen LogP contribution is -2.45. The number of piperidine rings is 1. The minimum Gasteiger partial charge on any atom is -0.341 e. The van der Waals surface area contributed by atoms with Crippen LogP contribution in [0.3, 0.4) is 0 Å². The van der Waals surface area contributed by atoms with Crippen LogP contribution in [0.15, 0.2) is 23.1 Å². The Morgan fingerprint density at radius 3 is 2.65 bits per heavy atom. The van der Waals surface area contributed by atoms with Crippen LogP contribution in [0.25, 0.3) is 5.52 Å². The standard InChI is InChI=1S/C17H24N4O2/c1-4-15-18-21(17(23)14-6-5-7-20(14)15)11-16(22)19-9-12(2)8-13(3)10-19/h5-7,12-13H,4,8-11H2,1-3H3/t12-,13-/m1/s1. The largest absolute Gasteiger partial charge is 0.341 e. The van der Waals surface area contributed by atoms with Gasteiger partial charge in [0.25, 0.3) is 5.56 Å². The lowest BCUT2D eigenvalue weighted by Gasteiger charge is -2.35. The maximum Gasteiger partial charge on any atom is 0.291 e. The SMILES string of the molecule is CCc1nn(CC(=O)N2C[C@H](C)C[C@@H](C)C2)c(=O)c2cccn12. The number of nitrogens with zero attached hydrogens (tertiary/aromatic N) is 4. The van der Waals surface area contributed by atoms with Crippen molar-refractivity contribution in [2.24, 2.45) is 11.8 Å². The molecule has 6 nitrogen and oxygen atoms in total. The van der Waals surface area contributed by atoms with E-state index in [4.69, 9.17) is 0 Å². The minimum atomic E-state index is -0.210. The van der Waals surface area contributed by atoms with Gasteiger partial charge in [-0.05, 0) is 30.4 Å². The van der Waals surface area contributed by atoms with Gasteiger partial charge < -0.3 is 4.90 Å². The molecule has 0 spiro atoms. The van der Waals surface area contributed by atoms with Crippen molar-refractivity contribution in [1.29, 1.82) is 0 Å². The highest BCUT2D eigenvalue weighted by atomic mass is 16.2. The van der Waals surface area contributed by atoms with E-state index in [0.717, 1.165) is 25.3 Å². The first-order valence-corrected chi connectivity index (χ1v) is 8.34. The second-order valence-corrected chi connectivity index (χ2v) is 6.74. The third kappa shape index (κ3) is 3.02. The van der Waals surface area contributed by atoms with Crippen LogP contribution in [0.2, 0.25) is 0 Å². The van der Waals surface area contributed by atoms with Crippen molar-refractivity contribution < 1.29 is 4.79 Å². The Balaban J connectivity index is 1.87. The van der Waals surface area contributed by atoms with E-state index in [9.17, 15) is 9.59 Å². The molecule has 6 heteroatoms. The van der Waals surface area contributed by atoms with Gasteiger partial charge in [-0.25, -0.2) is 4.68 Å². The highest BCUT2D eigenvalue weighted by Crippen LogP contribution is 2.21. The van der Waals surface area contributed by atoms with E-state index < -0.39 is 0 Å². The molecule has 0 radical (unpaired) electrons. The third-order valence-corrected chi connectivity index (χ3v) is 4.54. The van der Waals surface area contributed by atoms with Crippen LogP contribution in [0.5, 0.6) is 0 Å². The van der Waals surface area contributed by atoms with E-state index in [1.54, 1.807) is 10.5 Å². The maximum atomic E-state index is 12.6. The van der Waals surface area contributed by atoms with Crippen LogP contribution in [-0.2, 0) is 17.8 Å². The van der Waals surface area contributed by atoms with Gasteiger partial charge >= 0.3 is 0 Å². The quantitative estimate of drug-likeness (QED) is 0.863. The third-order valence-electron chi connectivity index (χ3n) is 4.54. The number of hydrogen-bond acceptors (Lipinski definition) is 3. The Kier molecular flexibility index (Phi) is 4.24. The number of hydrogen-bond donors (Lipinski definition) is 0. The molecule has 2 aromatic heterocycles. The van der Waals surface area contributed by atoms with Crippen LogP contribution in [0.4, 0.5) is 0 Å². The number of aryl methyl sites for hydroxylation is 1. The van der Waals surface area contributed by atoms with Crippen LogP contribution in [-0.4, -0.2) is 38.1 Å². The molecule has 2 atom stereocenters. The molecule has 2 aromatic rings. The Labute approximate surface area is 135 Å². The van der Waals surface area contributed by atoms with E-state index in [1.165, 1.54) is 4.68 Å². The molecule has 0 unspecified atom stereocenters. The zero-order valence-corrected chi connectivity index (χ0v) is 14.0. The van der Waals surface area contributed by atoms with Gasteiger partial charge in [0, 0.05) is 25.7 Å². The lowest BCUT2D eigenvalue weighted by atomic mass is 9.92. The van der Waals surface area contributed by atoms with Crippen molar-refractivity contribution in [3.8, 4) is 0 Å². The fourth-order valence-corrected chi connectivity index (χ4v) is 3.59. The fourth-order valence-electron chi connectivity index (χ4n) is 3.59. The number of rotatable bonds is 3. The van der Waals surface area contributed by atoms with Gasteiger partial charge in [0.05, 0.1) is 0 Å². The smallest absolute Gasteiger partial charge is 0.291 e. The zero-order valence-electron chi connectivity index (χ0n) is 14.0. The van der Waals surface area contributed by atoms with Crippen molar-refractivity contribution >= 4 is 11.4 Å². The summed E-state index contributed by atoms with van der Waals surface area (Å²) in [7, 11) is 0. The van der Waals surface area contributed by atoms with Crippen LogP contribution in [0, 0.1) is 11.8 Å². The van der Waals surface area contributed by atoms with Crippen LogP contribution >= 0.6 is 0 Å². The molecule has 0 bridgehead atoms. The first-order chi connectivity index (χ1) is 11.0. The summed E-state index contributed by atoms with van der Waals surface area (Å²) in [5.41, 5.74) is 0.365. The molecule has 0 saturated carbocycles. The van der Waals surface area contributed by atoms with Crippen molar-refractivity contribution in [2.45, 2.75) is 40.2 Å². The average molecular weight is 316 g/mol. The van der Waals surface area contributed by atoms with E-state index >= 15 is 0 Å². The summed E-state index contributed by atoms with van der Waals surface area (Å²) in [6, 6.07) is 3.60. The first-order valence-electron chi connectivity index (χ1n) is 8.34. The predicted molar refractivity (Wildman–Crippen MR) is 88.4 cm³/mol. The van der Waals surface area contributed by atoms with Gasteiger partial charge in [-0.1, -0.05) is 20.8 Å². The van der Waals surface area contributed by atoms with Crippen LogP contribution < -0.4 is 5.56 Å². The number of fused-ring (bicyclic) bond motifs is 1. The molecule has 3 rings (SSSR count). The molecule has 124 valence electrons. The molecule has 1 aliphatic rings. The van der Waals surface area contributed by atoms with E-state index in [-0.39, 0.29) is 18.0 Å². The Morgan fingerprint density at radius 2 is 2.00 bits per heavy atom. The van der Waals surface area contributed by atoms with Crippen molar-refractivity contribution in [1.82, 2.24) is 19.1 Å². The predicted octanol–water partition coefficient (Wildman–Crippen LogP) is 1.56. The molecule has 1 fully saturated rings. The van der Waals surface area contributed by atoms with Gasteiger partial charge in [0.1, 0.15) is 17.9 Å². The Bertz CT molecular complexity index is 766. The van der Waals surface area contributed by atoms with Gasteiger partial charge in [-0.3, -0.25) is 14.0 Å². The number of amides is 1. The highest BCUT2D eigenvalue weighted by molar-refractivity contribution is 5.76. The Morgan fingerprint density at radius 1 is 1.30 bits per heavy atom. The molecular weight excluding hydrogens is 292 g/mol. The fraction of sp³-hybridized carbons (Fsp3) is 0.588. The number of carbonyl (C=O) groups excluding carboxylic acids is 1. The second kappa shape index (κ2) is 6.18. The average Bonchev–Trinajstić information content (AvgIpc) is 2.99. The molecule has 0 aliphatic carbocycles. The highest BCUT2D eigenvalue weighted by Gasteiger charge is 2.26.